The van der Waals surface area contributed by atoms with Crippen LogP contribution in [0, 0.1) is 137 Å². The normalized spacial score (nSPS) is 4.60. The lowest BCUT2D eigenvalue weighted by molar-refractivity contribution is 1.61. The SMILES string of the molecule is [3H]N(I)C#CC#CC#CC#CC#CC#CC#CC#CC#CC#CC#C[CH2-]. The molecule has 0 aromatic heterocycles. The lowest BCUT2D eigenvalue weighted by Crippen LogP contribution is -1.77. The molecule has 0 aromatic rings. The summed E-state index contributed by atoms with van der Waals surface area (Å²) in [6, 6.07) is 2.39. The molecule has 0 radical (unpaired) electrons. The first-order chi connectivity index (χ1) is 12.8. The van der Waals surface area contributed by atoms with Gasteiger partial charge in [-0.1, -0.05) is 0 Å². The third-order valence-electron chi connectivity index (χ3n) is 1.37. The van der Waals surface area contributed by atoms with Gasteiger partial charge in [0.2, 0.25) is 0 Å². The van der Waals surface area contributed by atoms with E-state index in [4.69, 9.17) is 1.41 Å². The van der Waals surface area contributed by atoms with Gasteiger partial charge < -0.3 is 0 Å². The molecule has 0 fully saturated rings. The standard InChI is InChI=1S/C23H3IN/c1-2-3-4-5-6-7-8-9-10-11-12-13-14-15-16-17-18-19-20-21-22-23-25-24/h25H,1H2/q-1/i/hT. The third-order valence-corrected chi connectivity index (χ3v) is 1.62. The van der Waals surface area contributed by atoms with Crippen LogP contribution in [0.2, 0.25) is 1.41 Å². The fourth-order valence-corrected chi connectivity index (χ4v) is 0.776. The van der Waals surface area contributed by atoms with Gasteiger partial charge in [0.25, 0.3) is 0 Å². The zero-order chi connectivity index (χ0) is 19.1. The highest BCUT2D eigenvalue weighted by atomic mass is 127. The van der Waals surface area contributed by atoms with Gasteiger partial charge in [0, 0.05) is 65.2 Å². The Balaban J connectivity index is 4.40. The molecule has 0 bridgehead atoms. The van der Waals surface area contributed by atoms with Gasteiger partial charge >= 0.3 is 0 Å². The Bertz CT molecular complexity index is 1220. The maximum atomic E-state index is 6.96. The maximum absolute atomic E-state index is 6.96. The van der Waals surface area contributed by atoms with E-state index in [2.05, 4.69) is 137 Å². The van der Waals surface area contributed by atoms with Crippen molar-refractivity contribution in [3.63, 3.8) is 0 Å². The number of hydrogen-bond donors (Lipinski definition) is 1. The molecule has 0 aromatic carbocycles. The van der Waals surface area contributed by atoms with E-state index >= 15 is 0 Å². The summed E-state index contributed by atoms with van der Waals surface area (Å²) < 4.78 is 7.88. The highest BCUT2D eigenvalue weighted by molar-refractivity contribution is 14.1. The molecule has 0 heterocycles. The molecule has 0 atom stereocenters. The van der Waals surface area contributed by atoms with E-state index in [0.29, 0.717) is 0 Å². The average molecular weight is 422 g/mol. The van der Waals surface area contributed by atoms with E-state index in [-0.39, 0.29) is 0 Å². The van der Waals surface area contributed by atoms with Crippen LogP contribution in [0.25, 0.3) is 0 Å². The second-order valence-corrected chi connectivity index (χ2v) is 3.36. The minimum atomic E-state index is 0.917. The molecule has 0 saturated heterocycles. The molecule has 0 aliphatic heterocycles. The van der Waals surface area contributed by atoms with Crippen molar-refractivity contribution >= 4 is 22.9 Å². The fraction of sp³-hybridized carbons (Fsp3) is 0. The molecule has 1 N–H and O–H groups in total. The molecular weight excluding hydrogens is 417 g/mol. The Morgan fingerprint density at radius 1 is 0.480 bits per heavy atom. The van der Waals surface area contributed by atoms with Gasteiger partial charge in [-0.2, -0.15) is 6.92 Å². The summed E-state index contributed by atoms with van der Waals surface area (Å²) in [7, 11) is 0. The van der Waals surface area contributed by atoms with E-state index in [1.165, 1.54) is 0 Å². The van der Waals surface area contributed by atoms with E-state index in [9.17, 15) is 0 Å². The van der Waals surface area contributed by atoms with E-state index in [0.717, 1.165) is 3.52 Å². The molecule has 0 amide bonds. The smallest absolute Gasteiger partial charge is 0.183 e. The zero-order valence-electron chi connectivity index (χ0n) is 13.5. The van der Waals surface area contributed by atoms with Crippen molar-refractivity contribution in [2.75, 3.05) is 0 Å². The van der Waals surface area contributed by atoms with Crippen molar-refractivity contribution in [3.8, 4) is 130 Å². The highest BCUT2D eigenvalue weighted by Gasteiger charge is 1.58. The summed E-state index contributed by atoms with van der Waals surface area (Å²) >= 11 is 1.69. The minimum Gasteiger partial charge on any atom is -0.287 e. The number of halogens is 1. The summed E-state index contributed by atoms with van der Waals surface area (Å²) in [6.07, 6.45) is 0. The first-order valence-corrected chi connectivity index (χ1v) is 6.96. The monoisotopic (exact) mass is 422 g/mol. The van der Waals surface area contributed by atoms with Crippen LogP contribution < -0.4 is 3.52 Å². The first-order valence-electron chi connectivity index (χ1n) is 6.44. The Kier molecular flexibility index (Phi) is 14.6. The Labute approximate surface area is 164 Å². The van der Waals surface area contributed by atoms with Gasteiger partial charge in [0.1, 0.15) is 0 Å². The Hall–Kier alpha value is -4.44. The molecule has 1 nitrogen and oxygen atoms in total. The Morgan fingerprint density at radius 3 is 0.960 bits per heavy atom. The van der Waals surface area contributed by atoms with Crippen molar-refractivity contribution < 1.29 is 1.41 Å². The van der Waals surface area contributed by atoms with Crippen LogP contribution >= 0.6 is 22.9 Å². The van der Waals surface area contributed by atoms with Crippen LogP contribution in [0.15, 0.2) is 0 Å². The molecular formula is C23H3IN-. The van der Waals surface area contributed by atoms with Gasteiger partial charge in [-0.15, -0.1) is 5.92 Å². The molecule has 0 aliphatic carbocycles. The van der Waals surface area contributed by atoms with Crippen LogP contribution in [-0.4, -0.2) is 0 Å². The summed E-state index contributed by atoms with van der Waals surface area (Å²) in [6.45, 7) is 3.30. The van der Waals surface area contributed by atoms with Gasteiger partial charge in [-0.25, -0.2) is 5.92 Å². The number of nitrogens with one attached hydrogen (secondary N) is 1. The van der Waals surface area contributed by atoms with Crippen molar-refractivity contribution in [1.29, 1.82) is 0 Å². The maximum Gasteiger partial charge on any atom is 0.183 e. The molecule has 0 unspecified atom stereocenters. The molecule has 2 heteroatoms. The minimum absolute atomic E-state index is 0.917. The first kappa shape index (κ1) is 18.6. The van der Waals surface area contributed by atoms with Crippen molar-refractivity contribution in [2.24, 2.45) is 0 Å². The van der Waals surface area contributed by atoms with Gasteiger partial charge in [-0.3, -0.25) is 9.44 Å². The summed E-state index contributed by atoms with van der Waals surface area (Å²) in [5.41, 5.74) is 0. The quantitative estimate of drug-likeness (QED) is 0.200. The van der Waals surface area contributed by atoms with Gasteiger partial charge in [0.05, 0.1) is 22.9 Å². The van der Waals surface area contributed by atoms with Crippen LogP contribution in [-0.2, 0) is 0 Å². The fourth-order valence-electron chi connectivity index (χ4n) is 0.656. The highest BCUT2D eigenvalue weighted by Crippen LogP contribution is 1.61. The van der Waals surface area contributed by atoms with E-state index < -0.39 is 0 Å². The van der Waals surface area contributed by atoms with E-state index in [1.807, 2.05) is 0 Å². The zero-order valence-corrected chi connectivity index (χ0v) is 14.7. The third kappa shape index (κ3) is 19.6. The molecule has 25 heavy (non-hydrogen) atoms. The largest absolute Gasteiger partial charge is 0.287 e. The van der Waals surface area contributed by atoms with Crippen LogP contribution in [0.5, 0.6) is 0 Å². The number of hydrogen-bond acceptors (Lipinski definition) is 1. The van der Waals surface area contributed by atoms with Gasteiger partial charge in [-0.05, 0) is 47.4 Å². The van der Waals surface area contributed by atoms with E-state index in [1.54, 1.807) is 22.9 Å². The molecule has 108 valence electrons. The van der Waals surface area contributed by atoms with Crippen molar-refractivity contribution in [2.45, 2.75) is 0 Å². The van der Waals surface area contributed by atoms with Crippen LogP contribution in [0.1, 0.15) is 0 Å². The second-order valence-electron chi connectivity index (χ2n) is 2.87. The van der Waals surface area contributed by atoms with Crippen molar-refractivity contribution in [3.05, 3.63) is 6.92 Å². The topological polar surface area (TPSA) is 12.0 Å². The van der Waals surface area contributed by atoms with Gasteiger partial charge in [0.15, 0.2) is 1.41 Å². The predicted octanol–water partition coefficient (Wildman–Crippen LogP) is 0.755. The molecule has 0 spiro atoms. The lowest BCUT2D eigenvalue weighted by Gasteiger charge is -1.65. The second kappa shape index (κ2) is 19.6. The van der Waals surface area contributed by atoms with Crippen LogP contribution in [0.4, 0.5) is 0 Å². The number of rotatable bonds is 0. The van der Waals surface area contributed by atoms with Crippen LogP contribution in [0.3, 0.4) is 0 Å². The van der Waals surface area contributed by atoms with Crippen molar-refractivity contribution in [1.82, 2.24) is 3.52 Å². The molecule has 0 aliphatic rings. The molecule has 0 rings (SSSR count). The lowest BCUT2D eigenvalue weighted by atomic mass is 10.4. The summed E-state index contributed by atoms with van der Waals surface area (Å²) in [4.78, 5) is 0. The predicted molar refractivity (Wildman–Crippen MR) is 108 cm³/mol. The average Bonchev–Trinajstić information content (AvgIpc) is 2.62. The summed E-state index contributed by atoms with van der Waals surface area (Å²) in [5.74, 6) is 51.9. The summed E-state index contributed by atoms with van der Waals surface area (Å²) in [5, 5.41) is 0. The molecule has 0 saturated carbocycles. The Morgan fingerprint density at radius 2 is 0.720 bits per heavy atom.